The molecule has 352 valence electrons. The van der Waals surface area contributed by atoms with Gasteiger partial charge < -0.3 is 45.1 Å². The quantitative estimate of drug-likeness (QED) is 0.0199. The fraction of sp³-hybridized carbons (Fsp3) is 0.760. The summed E-state index contributed by atoms with van der Waals surface area (Å²) in [5.74, 6) is -0.332. The molecule has 11 heteroatoms. The van der Waals surface area contributed by atoms with Gasteiger partial charge in [0.25, 0.3) is 0 Å². The molecule has 1 aliphatic heterocycles. The predicted octanol–water partition coefficient (Wildman–Crippen LogP) is 9.16. The van der Waals surface area contributed by atoms with Crippen LogP contribution in [0.4, 0.5) is 0 Å². The molecule has 1 heterocycles. The highest BCUT2D eigenvalue weighted by atomic mass is 16.7. The molecule has 0 radical (unpaired) electrons. The molecule has 7 unspecified atom stereocenters. The van der Waals surface area contributed by atoms with Crippen molar-refractivity contribution in [2.45, 2.75) is 224 Å². The van der Waals surface area contributed by atoms with Gasteiger partial charge in [-0.25, -0.2) is 0 Å². The smallest absolute Gasteiger partial charge is 0.305 e. The van der Waals surface area contributed by atoms with E-state index in [0.29, 0.717) is 25.9 Å². The number of unbranched alkanes of at least 4 members (excludes halogenated alkanes) is 17. The Balaban J connectivity index is 2.24. The van der Waals surface area contributed by atoms with Gasteiger partial charge in [0.2, 0.25) is 5.91 Å². The van der Waals surface area contributed by atoms with Gasteiger partial charge in [0, 0.05) is 12.8 Å². The van der Waals surface area contributed by atoms with Crippen molar-refractivity contribution in [2.75, 3.05) is 19.8 Å². The van der Waals surface area contributed by atoms with Crippen LogP contribution in [0.3, 0.4) is 0 Å². The van der Waals surface area contributed by atoms with Gasteiger partial charge in [0.1, 0.15) is 24.4 Å². The fourth-order valence-electron chi connectivity index (χ4n) is 6.89. The summed E-state index contributed by atoms with van der Waals surface area (Å²) in [6, 6.07) is -0.871. The molecule has 1 amide bonds. The highest BCUT2D eigenvalue weighted by molar-refractivity contribution is 5.76. The molecule has 0 aliphatic carbocycles. The van der Waals surface area contributed by atoms with Crippen molar-refractivity contribution in [3.8, 4) is 0 Å². The van der Waals surface area contributed by atoms with Crippen molar-refractivity contribution < 1.29 is 49.3 Å². The van der Waals surface area contributed by atoms with Gasteiger partial charge in [-0.05, 0) is 83.5 Å². The summed E-state index contributed by atoms with van der Waals surface area (Å²) in [6.07, 6.45) is 39.0. The van der Waals surface area contributed by atoms with E-state index >= 15 is 0 Å². The molecule has 0 saturated carbocycles. The van der Waals surface area contributed by atoms with E-state index in [-0.39, 0.29) is 24.9 Å². The van der Waals surface area contributed by atoms with Crippen LogP contribution < -0.4 is 5.32 Å². The summed E-state index contributed by atoms with van der Waals surface area (Å²) in [5.41, 5.74) is 0. The van der Waals surface area contributed by atoms with Crippen molar-refractivity contribution in [3.05, 3.63) is 60.8 Å². The zero-order valence-electron chi connectivity index (χ0n) is 38.1. The van der Waals surface area contributed by atoms with Gasteiger partial charge in [0.15, 0.2) is 6.29 Å². The second-order valence-corrected chi connectivity index (χ2v) is 16.4. The predicted molar refractivity (Wildman–Crippen MR) is 246 cm³/mol. The third-order valence-electron chi connectivity index (χ3n) is 10.8. The SMILES string of the molecule is CCCC/C=C\CCCCCCCC(=O)OCCCCCCCC/C=C\C/C=C\CCC(=O)NC(COC1OC(CO)C(O)C(O)C1O)C(O)/C=C/CC/C=C/CCCCC. The Morgan fingerprint density at radius 2 is 1.15 bits per heavy atom. The van der Waals surface area contributed by atoms with E-state index in [9.17, 15) is 35.1 Å². The van der Waals surface area contributed by atoms with Crippen molar-refractivity contribution in [3.63, 3.8) is 0 Å². The molecule has 1 aliphatic rings. The Hall–Kier alpha value is -2.64. The molecule has 61 heavy (non-hydrogen) atoms. The first kappa shape index (κ1) is 56.4. The fourth-order valence-corrected chi connectivity index (χ4v) is 6.89. The van der Waals surface area contributed by atoms with Gasteiger partial charge in [0.05, 0.1) is 32.0 Å². The Kier molecular flexibility index (Phi) is 37.1. The van der Waals surface area contributed by atoms with Crippen LogP contribution in [-0.4, -0.2) is 100 Å². The summed E-state index contributed by atoms with van der Waals surface area (Å²) in [7, 11) is 0. The zero-order chi connectivity index (χ0) is 44.6. The first-order chi connectivity index (χ1) is 29.7. The third kappa shape index (κ3) is 31.0. The lowest BCUT2D eigenvalue weighted by Gasteiger charge is -2.40. The first-order valence-corrected chi connectivity index (χ1v) is 24.1. The Morgan fingerprint density at radius 3 is 1.80 bits per heavy atom. The van der Waals surface area contributed by atoms with Gasteiger partial charge >= 0.3 is 5.97 Å². The summed E-state index contributed by atoms with van der Waals surface area (Å²) < 4.78 is 16.5. The lowest BCUT2D eigenvalue weighted by molar-refractivity contribution is -0.302. The molecule has 1 saturated heterocycles. The van der Waals surface area contributed by atoms with Crippen molar-refractivity contribution >= 4 is 11.9 Å². The first-order valence-electron chi connectivity index (χ1n) is 24.1. The van der Waals surface area contributed by atoms with E-state index in [1.165, 1.54) is 77.0 Å². The average Bonchev–Trinajstić information content (AvgIpc) is 3.25. The molecule has 0 aromatic carbocycles. The molecule has 6 N–H and O–H groups in total. The number of hydrogen-bond donors (Lipinski definition) is 6. The molecule has 7 atom stereocenters. The monoisotopic (exact) mass is 862 g/mol. The van der Waals surface area contributed by atoms with Gasteiger partial charge in [-0.15, -0.1) is 0 Å². The summed E-state index contributed by atoms with van der Waals surface area (Å²) in [6.45, 7) is 4.10. The molecular formula is C50H87NO10. The number of esters is 1. The van der Waals surface area contributed by atoms with E-state index in [1.54, 1.807) is 6.08 Å². The number of nitrogens with one attached hydrogen (secondary N) is 1. The number of aliphatic hydroxyl groups excluding tert-OH is 5. The molecule has 0 aromatic heterocycles. The van der Waals surface area contributed by atoms with Crippen LogP contribution in [0.15, 0.2) is 60.8 Å². The maximum Gasteiger partial charge on any atom is 0.305 e. The normalized spacial score (nSPS) is 20.8. The number of allylic oxidation sites excluding steroid dienone is 9. The number of hydrogen-bond acceptors (Lipinski definition) is 10. The maximum absolute atomic E-state index is 12.9. The molecule has 0 aromatic rings. The van der Waals surface area contributed by atoms with Gasteiger partial charge in [-0.2, -0.15) is 0 Å². The molecule has 0 bridgehead atoms. The number of carbonyl (C=O) groups is 2. The van der Waals surface area contributed by atoms with E-state index < -0.39 is 49.5 Å². The largest absolute Gasteiger partial charge is 0.466 e. The molecular weight excluding hydrogens is 775 g/mol. The minimum absolute atomic E-state index is 0.0533. The number of rotatable bonds is 39. The van der Waals surface area contributed by atoms with Crippen molar-refractivity contribution in [1.82, 2.24) is 5.32 Å². The Bertz CT molecular complexity index is 1200. The summed E-state index contributed by atoms with van der Waals surface area (Å²) in [4.78, 5) is 24.9. The van der Waals surface area contributed by atoms with Crippen LogP contribution in [-0.2, 0) is 23.8 Å². The van der Waals surface area contributed by atoms with Gasteiger partial charge in [-0.3, -0.25) is 9.59 Å². The molecule has 1 rings (SSSR count). The van der Waals surface area contributed by atoms with Crippen LogP contribution >= 0.6 is 0 Å². The molecule has 11 nitrogen and oxygen atoms in total. The standard InChI is InChI=1S/C50H87NO10/c1-3-5-7-9-11-13-17-22-26-30-34-38-46(55)59-39-35-31-27-23-19-16-14-15-18-21-25-29-33-37-45(54)51-42(43(53)36-32-28-24-20-12-10-8-6-4-2)41-60-50-49(58)48(57)47(56)44(40-52)61-50/h9,11-12,15,18,20,25,29,32,36,42-44,47-50,52-53,56-58H,3-8,10,13-14,16-17,19,21-24,26-28,30-31,33-35,37-41H2,1-2H3,(H,51,54)/b11-9-,18-15-,20-12+,29-25-,36-32+. The maximum atomic E-state index is 12.9. The topological polar surface area (TPSA) is 175 Å². The van der Waals surface area contributed by atoms with Crippen LogP contribution in [0.1, 0.15) is 181 Å². The Labute approximate surface area is 369 Å². The zero-order valence-corrected chi connectivity index (χ0v) is 38.1. The lowest BCUT2D eigenvalue weighted by atomic mass is 9.99. The van der Waals surface area contributed by atoms with Crippen LogP contribution in [0.5, 0.6) is 0 Å². The molecule has 0 spiro atoms. The van der Waals surface area contributed by atoms with E-state index in [4.69, 9.17) is 14.2 Å². The summed E-state index contributed by atoms with van der Waals surface area (Å²) in [5, 5.41) is 53.9. The van der Waals surface area contributed by atoms with Crippen LogP contribution in [0.2, 0.25) is 0 Å². The minimum atomic E-state index is -1.59. The number of ether oxygens (including phenoxy) is 3. The number of aliphatic hydroxyl groups is 5. The van der Waals surface area contributed by atoms with E-state index in [1.807, 2.05) is 18.2 Å². The highest BCUT2D eigenvalue weighted by Crippen LogP contribution is 2.22. The van der Waals surface area contributed by atoms with Crippen LogP contribution in [0, 0.1) is 0 Å². The highest BCUT2D eigenvalue weighted by Gasteiger charge is 2.44. The average molecular weight is 862 g/mol. The van der Waals surface area contributed by atoms with Crippen molar-refractivity contribution in [1.29, 1.82) is 0 Å². The Morgan fingerprint density at radius 1 is 0.607 bits per heavy atom. The number of amides is 1. The minimum Gasteiger partial charge on any atom is -0.466 e. The number of carbonyl (C=O) groups excluding carboxylic acids is 2. The van der Waals surface area contributed by atoms with E-state index in [0.717, 1.165) is 64.2 Å². The second kappa shape index (κ2) is 40.2. The van der Waals surface area contributed by atoms with Crippen LogP contribution in [0.25, 0.3) is 0 Å². The summed E-state index contributed by atoms with van der Waals surface area (Å²) >= 11 is 0. The second-order valence-electron chi connectivity index (χ2n) is 16.4. The van der Waals surface area contributed by atoms with E-state index in [2.05, 4.69) is 55.6 Å². The van der Waals surface area contributed by atoms with Crippen molar-refractivity contribution in [2.24, 2.45) is 0 Å². The molecule has 1 fully saturated rings. The van der Waals surface area contributed by atoms with Gasteiger partial charge in [-0.1, -0.05) is 145 Å². The lowest BCUT2D eigenvalue weighted by Crippen LogP contribution is -2.60. The third-order valence-corrected chi connectivity index (χ3v) is 10.8.